The molecule has 0 unspecified atom stereocenters. The maximum atomic E-state index is 5.90. The summed E-state index contributed by atoms with van der Waals surface area (Å²) in [7, 11) is 0. The molecule has 102 valence electrons. The molecule has 0 spiro atoms. The summed E-state index contributed by atoms with van der Waals surface area (Å²) in [5.74, 6) is 1.61. The van der Waals surface area contributed by atoms with Crippen LogP contribution in [0, 0.1) is 0 Å². The number of rotatable bonds is 5. The monoisotopic (exact) mass is 295 g/mol. The number of benzene rings is 1. The molecule has 2 aromatic rings. The molecule has 1 aromatic heterocycles. The van der Waals surface area contributed by atoms with Crippen molar-refractivity contribution in [2.45, 2.75) is 42.5 Å². The van der Waals surface area contributed by atoms with Gasteiger partial charge in [-0.2, -0.15) is 4.37 Å². The minimum atomic E-state index is 0.107. The zero-order valence-electron chi connectivity index (χ0n) is 11.2. The van der Waals surface area contributed by atoms with Crippen LogP contribution in [-0.2, 0) is 6.42 Å². The highest BCUT2D eigenvalue weighted by atomic mass is 32.2. The summed E-state index contributed by atoms with van der Waals surface area (Å²) in [5, 5.41) is 0. The zero-order valence-corrected chi connectivity index (χ0v) is 12.8. The third kappa shape index (κ3) is 3.84. The Kier molecular flexibility index (Phi) is 4.66. The predicted molar refractivity (Wildman–Crippen MR) is 80.0 cm³/mol. The summed E-state index contributed by atoms with van der Waals surface area (Å²) in [4.78, 5) is 5.49. The SMILES string of the molecule is CCc1nsc(Sc2ccc(N)c(OC(C)C)c2)n1. The number of hydrogen-bond acceptors (Lipinski definition) is 6. The first-order chi connectivity index (χ1) is 9.08. The van der Waals surface area contributed by atoms with E-state index in [9.17, 15) is 0 Å². The van der Waals surface area contributed by atoms with Crippen LogP contribution in [0.5, 0.6) is 5.75 Å². The highest BCUT2D eigenvalue weighted by Crippen LogP contribution is 2.34. The van der Waals surface area contributed by atoms with Gasteiger partial charge in [0, 0.05) is 11.3 Å². The average Bonchev–Trinajstić information content (AvgIpc) is 2.80. The Bertz CT molecular complexity index is 555. The minimum absolute atomic E-state index is 0.107. The van der Waals surface area contributed by atoms with Crippen molar-refractivity contribution in [2.75, 3.05) is 5.73 Å². The van der Waals surface area contributed by atoms with E-state index in [0.29, 0.717) is 5.69 Å². The maximum absolute atomic E-state index is 5.90. The van der Waals surface area contributed by atoms with E-state index in [2.05, 4.69) is 9.36 Å². The number of aryl methyl sites for hydroxylation is 1. The van der Waals surface area contributed by atoms with Crippen LogP contribution in [0.4, 0.5) is 5.69 Å². The first-order valence-electron chi connectivity index (χ1n) is 6.15. The molecule has 2 rings (SSSR count). The molecule has 0 fully saturated rings. The molecule has 6 heteroatoms. The molecular formula is C13H17N3OS2. The number of nitrogens with two attached hydrogens (primary N) is 1. The topological polar surface area (TPSA) is 61.0 Å². The average molecular weight is 295 g/mol. The Balaban J connectivity index is 2.16. The summed E-state index contributed by atoms with van der Waals surface area (Å²) < 4.78 is 10.9. The lowest BCUT2D eigenvalue weighted by Crippen LogP contribution is -2.07. The first kappa shape index (κ1) is 14.1. The van der Waals surface area contributed by atoms with Crippen molar-refractivity contribution in [2.24, 2.45) is 0 Å². The summed E-state index contributed by atoms with van der Waals surface area (Å²) in [5.41, 5.74) is 6.55. The number of anilines is 1. The lowest BCUT2D eigenvalue weighted by atomic mass is 10.3. The number of nitrogen functional groups attached to an aromatic ring is 1. The summed E-state index contributed by atoms with van der Waals surface area (Å²) in [6.45, 7) is 6.02. The molecule has 0 atom stereocenters. The van der Waals surface area contributed by atoms with Gasteiger partial charge >= 0.3 is 0 Å². The van der Waals surface area contributed by atoms with E-state index in [1.54, 1.807) is 11.8 Å². The van der Waals surface area contributed by atoms with E-state index < -0.39 is 0 Å². The van der Waals surface area contributed by atoms with Gasteiger partial charge < -0.3 is 10.5 Å². The molecule has 0 saturated heterocycles. The molecule has 4 nitrogen and oxygen atoms in total. The molecule has 1 aromatic carbocycles. The predicted octanol–water partition coefficient (Wildman–Crippen LogP) is 3.62. The van der Waals surface area contributed by atoms with Crippen LogP contribution in [0.25, 0.3) is 0 Å². The van der Waals surface area contributed by atoms with E-state index in [0.717, 1.165) is 27.2 Å². The standard InChI is InChI=1S/C13H17N3OS2/c1-4-12-15-13(19-16-12)18-9-5-6-10(14)11(7-9)17-8(2)3/h5-8H,4,14H2,1-3H3. The smallest absolute Gasteiger partial charge is 0.174 e. The van der Waals surface area contributed by atoms with Crippen molar-refractivity contribution >= 4 is 29.0 Å². The Morgan fingerprint density at radius 2 is 2.21 bits per heavy atom. The zero-order chi connectivity index (χ0) is 13.8. The fraction of sp³-hybridized carbons (Fsp3) is 0.385. The van der Waals surface area contributed by atoms with Gasteiger partial charge in [-0.1, -0.05) is 18.7 Å². The van der Waals surface area contributed by atoms with Gasteiger partial charge in [0.15, 0.2) is 4.34 Å². The fourth-order valence-electron chi connectivity index (χ4n) is 1.46. The Morgan fingerprint density at radius 3 is 2.84 bits per heavy atom. The van der Waals surface area contributed by atoms with Crippen molar-refractivity contribution in [3.05, 3.63) is 24.0 Å². The first-order valence-corrected chi connectivity index (χ1v) is 7.74. The number of nitrogens with zero attached hydrogens (tertiary/aromatic N) is 2. The highest BCUT2D eigenvalue weighted by molar-refractivity contribution is 8.01. The maximum Gasteiger partial charge on any atom is 0.174 e. The summed E-state index contributed by atoms with van der Waals surface area (Å²) in [6, 6.07) is 5.79. The lowest BCUT2D eigenvalue weighted by Gasteiger charge is -2.12. The molecule has 0 aliphatic rings. The summed E-state index contributed by atoms with van der Waals surface area (Å²) in [6.07, 6.45) is 0.969. The second-order valence-electron chi connectivity index (χ2n) is 4.30. The van der Waals surface area contributed by atoms with Crippen LogP contribution in [0.15, 0.2) is 27.4 Å². The molecule has 0 saturated carbocycles. The van der Waals surface area contributed by atoms with Crippen molar-refractivity contribution in [1.82, 2.24) is 9.36 Å². The molecular weight excluding hydrogens is 278 g/mol. The molecule has 0 radical (unpaired) electrons. The molecule has 0 amide bonds. The number of aromatic nitrogens is 2. The highest BCUT2D eigenvalue weighted by Gasteiger charge is 2.08. The Morgan fingerprint density at radius 1 is 1.42 bits per heavy atom. The van der Waals surface area contributed by atoms with Gasteiger partial charge in [0.05, 0.1) is 11.8 Å². The summed E-state index contributed by atoms with van der Waals surface area (Å²) >= 11 is 3.01. The van der Waals surface area contributed by atoms with E-state index in [1.165, 1.54) is 11.5 Å². The second kappa shape index (κ2) is 6.25. The molecule has 1 heterocycles. The Hall–Kier alpha value is -1.27. The van der Waals surface area contributed by atoms with Gasteiger partial charge in [0.2, 0.25) is 0 Å². The molecule has 0 aliphatic carbocycles. The third-order valence-corrected chi connectivity index (χ3v) is 4.10. The Labute approximate surface area is 121 Å². The van der Waals surface area contributed by atoms with Gasteiger partial charge in [-0.3, -0.25) is 0 Å². The van der Waals surface area contributed by atoms with Crippen molar-refractivity contribution in [3.63, 3.8) is 0 Å². The molecule has 19 heavy (non-hydrogen) atoms. The largest absolute Gasteiger partial charge is 0.489 e. The normalized spacial score (nSPS) is 10.9. The van der Waals surface area contributed by atoms with Gasteiger partial charge in [-0.05, 0) is 43.6 Å². The number of ether oxygens (including phenoxy) is 1. The fourth-order valence-corrected chi connectivity index (χ4v) is 3.16. The van der Waals surface area contributed by atoms with Crippen LogP contribution in [-0.4, -0.2) is 15.5 Å². The van der Waals surface area contributed by atoms with Crippen LogP contribution in [0.2, 0.25) is 0 Å². The lowest BCUT2D eigenvalue weighted by molar-refractivity contribution is 0.243. The second-order valence-corrected chi connectivity index (χ2v) is 6.37. The molecule has 2 N–H and O–H groups in total. The quantitative estimate of drug-likeness (QED) is 0.854. The van der Waals surface area contributed by atoms with Crippen molar-refractivity contribution in [3.8, 4) is 5.75 Å². The van der Waals surface area contributed by atoms with Crippen LogP contribution >= 0.6 is 23.3 Å². The van der Waals surface area contributed by atoms with E-state index >= 15 is 0 Å². The van der Waals surface area contributed by atoms with E-state index in [-0.39, 0.29) is 6.10 Å². The van der Waals surface area contributed by atoms with Crippen LogP contribution < -0.4 is 10.5 Å². The number of hydrogen-bond donors (Lipinski definition) is 1. The van der Waals surface area contributed by atoms with Gasteiger partial charge in [-0.15, -0.1) is 0 Å². The molecule has 0 bridgehead atoms. The molecule has 0 aliphatic heterocycles. The minimum Gasteiger partial charge on any atom is -0.489 e. The van der Waals surface area contributed by atoms with Crippen LogP contribution in [0.3, 0.4) is 0 Å². The van der Waals surface area contributed by atoms with Crippen molar-refractivity contribution < 1.29 is 4.74 Å². The van der Waals surface area contributed by atoms with Gasteiger partial charge in [0.25, 0.3) is 0 Å². The van der Waals surface area contributed by atoms with Crippen molar-refractivity contribution in [1.29, 1.82) is 0 Å². The van der Waals surface area contributed by atoms with Crippen LogP contribution in [0.1, 0.15) is 26.6 Å². The van der Waals surface area contributed by atoms with Gasteiger partial charge in [-0.25, -0.2) is 4.98 Å². The van der Waals surface area contributed by atoms with E-state index in [1.807, 2.05) is 39.0 Å². The van der Waals surface area contributed by atoms with Gasteiger partial charge in [0.1, 0.15) is 11.6 Å². The third-order valence-electron chi connectivity index (χ3n) is 2.32. The van der Waals surface area contributed by atoms with E-state index in [4.69, 9.17) is 10.5 Å².